The number of rotatable bonds is 6. The number of benzene rings is 2. The minimum absolute atomic E-state index is 0.0396. The van der Waals surface area contributed by atoms with E-state index in [4.69, 9.17) is 9.47 Å². The molecule has 0 spiro atoms. The van der Waals surface area contributed by atoms with Gasteiger partial charge in [-0.05, 0) is 49.1 Å². The summed E-state index contributed by atoms with van der Waals surface area (Å²) in [6.45, 7) is 4.04. The first-order valence-corrected chi connectivity index (χ1v) is 11.2. The maximum Gasteiger partial charge on any atom is 0.336 e. The van der Waals surface area contributed by atoms with Crippen LogP contribution in [0.4, 0.5) is 4.39 Å². The normalized spacial score (nSPS) is 20.3. The summed E-state index contributed by atoms with van der Waals surface area (Å²) in [5.74, 6) is -0.762. The fraction of sp³-hybridized carbons (Fsp3) is 0.333. The maximum absolute atomic E-state index is 13.7. The van der Waals surface area contributed by atoms with Crippen molar-refractivity contribution in [3.05, 3.63) is 88.0 Å². The zero-order valence-corrected chi connectivity index (χ0v) is 19.1. The quantitative estimate of drug-likeness (QED) is 0.618. The predicted octanol–water partition coefficient (Wildman–Crippen LogP) is 5.15. The van der Waals surface area contributed by atoms with Crippen molar-refractivity contribution in [2.75, 3.05) is 13.7 Å². The van der Waals surface area contributed by atoms with Crippen molar-refractivity contribution in [2.45, 2.75) is 44.9 Å². The number of Topliss-reactive ketones (excluding diaryl/α,β-unsaturated/α-hetero) is 1. The van der Waals surface area contributed by atoms with Crippen LogP contribution < -0.4 is 10.1 Å². The third-order valence-electron chi connectivity index (χ3n) is 6.27. The molecule has 5 nitrogen and oxygen atoms in total. The SMILES string of the molecule is CCCOC(=O)C1=C(C)NC2=C(C(=O)C[C@@H](c3ccccc3OC)C2)[C@H]1c1ccc(F)cc1. The molecule has 6 heteroatoms. The molecule has 4 rings (SSSR count). The molecule has 2 aliphatic rings. The van der Waals surface area contributed by atoms with Gasteiger partial charge in [0.2, 0.25) is 0 Å². The van der Waals surface area contributed by atoms with Gasteiger partial charge >= 0.3 is 5.97 Å². The molecule has 0 saturated heterocycles. The molecule has 0 fully saturated rings. The highest BCUT2D eigenvalue weighted by Gasteiger charge is 2.41. The Kier molecular flexibility index (Phi) is 6.63. The Labute approximate surface area is 193 Å². The Hall–Kier alpha value is -3.41. The van der Waals surface area contributed by atoms with E-state index in [0.29, 0.717) is 48.3 Å². The number of nitrogens with one attached hydrogen (secondary N) is 1. The van der Waals surface area contributed by atoms with E-state index in [-0.39, 0.29) is 17.5 Å². The molecule has 0 aromatic heterocycles. The highest BCUT2D eigenvalue weighted by atomic mass is 19.1. The van der Waals surface area contributed by atoms with Gasteiger partial charge in [-0.25, -0.2) is 9.18 Å². The zero-order chi connectivity index (χ0) is 23.5. The summed E-state index contributed by atoms with van der Waals surface area (Å²) in [7, 11) is 1.62. The van der Waals surface area contributed by atoms with Gasteiger partial charge in [0.05, 0.1) is 19.3 Å². The molecule has 1 heterocycles. The third-order valence-corrected chi connectivity index (χ3v) is 6.27. The lowest BCUT2D eigenvalue weighted by Crippen LogP contribution is -2.36. The summed E-state index contributed by atoms with van der Waals surface area (Å²) in [5, 5.41) is 3.33. The number of halogens is 1. The fourth-order valence-corrected chi connectivity index (χ4v) is 4.79. The van der Waals surface area contributed by atoms with Crippen LogP contribution in [0.1, 0.15) is 56.1 Å². The molecule has 1 aliphatic heterocycles. The molecule has 2 atom stereocenters. The highest BCUT2D eigenvalue weighted by molar-refractivity contribution is 6.04. The minimum Gasteiger partial charge on any atom is -0.496 e. The van der Waals surface area contributed by atoms with E-state index in [1.54, 1.807) is 19.2 Å². The summed E-state index contributed by atoms with van der Waals surface area (Å²) in [5.41, 5.74) is 4.07. The standard InChI is InChI=1S/C27H28FNO4/c1-4-13-33-27(31)24-16(2)29-21-14-18(20-7-5-6-8-23(20)32-3)15-22(30)26(21)25(24)17-9-11-19(28)12-10-17/h5-12,18,25,29H,4,13-15H2,1-3H3/t18-,25-/m0/s1. The van der Waals surface area contributed by atoms with E-state index >= 15 is 0 Å². The second-order valence-corrected chi connectivity index (χ2v) is 8.45. The van der Waals surface area contributed by atoms with Gasteiger partial charge in [0.1, 0.15) is 11.6 Å². The molecule has 0 bridgehead atoms. The van der Waals surface area contributed by atoms with E-state index in [9.17, 15) is 14.0 Å². The highest BCUT2D eigenvalue weighted by Crippen LogP contribution is 2.46. The lowest BCUT2D eigenvalue weighted by molar-refractivity contribution is -0.139. The number of para-hydroxylation sites is 1. The second-order valence-electron chi connectivity index (χ2n) is 8.45. The van der Waals surface area contributed by atoms with Gasteiger partial charge in [0.25, 0.3) is 0 Å². The van der Waals surface area contributed by atoms with Crippen molar-refractivity contribution in [1.82, 2.24) is 5.32 Å². The molecule has 33 heavy (non-hydrogen) atoms. The first kappa shape index (κ1) is 22.8. The van der Waals surface area contributed by atoms with Crippen molar-refractivity contribution in [3.8, 4) is 5.75 Å². The van der Waals surface area contributed by atoms with Crippen molar-refractivity contribution in [1.29, 1.82) is 0 Å². The van der Waals surface area contributed by atoms with Gasteiger partial charge in [-0.1, -0.05) is 37.3 Å². The molecule has 2 aromatic rings. The minimum atomic E-state index is -0.600. The van der Waals surface area contributed by atoms with Gasteiger partial charge in [-0.15, -0.1) is 0 Å². The number of allylic oxidation sites excluding steroid dienone is 3. The number of dihydropyridines is 1. The third kappa shape index (κ3) is 4.42. The number of ketones is 1. The second kappa shape index (κ2) is 9.61. The summed E-state index contributed by atoms with van der Waals surface area (Å²) in [6.07, 6.45) is 1.60. The van der Waals surface area contributed by atoms with Crippen LogP contribution in [0.15, 0.2) is 71.1 Å². The van der Waals surface area contributed by atoms with E-state index in [1.165, 1.54) is 12.1 Å². The molecule has 0 radical (unpaired) electrons. The molecule has 0 unspecified atom stereocenters. The number of ether oxygens (including phenoxy) is 2. The number of hydrogen-bond donors (Lipinski definition) is 1. The first-order valence-electron chi connectivity index (χ1n) is 11.2. The smallest absolute Gasteiger partial charge is 0.336 e. The van der Waals surface area contributed by atoms with E-state index in [0.717, 1.165) is 17.0 Å². The summed E-state index contributed by atoms with van der Waals surface area (Å²) < 4.78 is 24.6. The fourth-order valence-electron chi connectivity index (χ4n) is 4.79. The summed E-state index contributed by atoms with van der Waals surface area (Å²) in [6, 6.07) is 13.7. The van der Waals surface area contributed by atoms with Crippen LogP contribution in [0.3, 0.4) is 0 Å². The van der Waals surface area contributed by atoms with Gasteiger partial charge in [-0.2, -0.15) is 0 Å². The topological polar surface area (TPSA) is 64.6 Å². The van der Waals surface area contributed by atoms with Crippen molar-refractivity contribution < 1.29 is 23.5 Å². The average molecular weight is 450 g/mol. The van der Waals surface area contributed by atoms with E-state index in [2.05, 4.69) is 5.32 Å². The Morgan fingerprint density at radius 3 is 2.55 bits per heavy atom. The number of carbonyl (C=O) groups is 2. The molecular formula is C27H28FNO4. The molecular weight excluding hydrogens is 421 g/mol. The van der Waals surface area contributed by atoms with Gasteiger partial charge in [0.15, 0.2) is 5.78 Å². The number of carbonyl (C=O) groups excluding carboxylic acids is 2. The number of hydrogen-bond acceptors (Lipinski definition) is 5. The zero-order valence-electron chi connectivity index (χ0n) is 19.1. The molecule has 172 valence electrons. The lowest BCUT2D eigenvalue weighted by atomic mass is 9.71. The van der Waals surface area contributed by atoms with Gasteiger partial charge in [-0.3, -0.25) is 4.79 Å². The van der Waals surface area contributed by atoms with Crippen molar-refractivity contribution in [3.63, 3.8) is 0 Å². The number of methoxy groups -OCH3 is 1. The van der Waals surface area contributed by atoms with Crippen molar-refractivity contribution in [2.24, 2.45) is 0 Å². The number of esters is 1. The predicted molar refractivity (Wildman–Crippen MR) is 123 cm³/mol. The molecule has 0 amide bonds. The van der Waals surface area contributed by atoms with Crippen LogP contribution in [0.5, 0.6) is 5.75 Å². The van der Waals surface area contributed by atoms with Gasteiger partial charge in [0, 0.05) is 35.2 Å². The Morgan fingerprint density at radius 2 is 1.85 bits per heavy atom. The Bertz CT molecular complexity index is 1130. The van der Waals surface area contributed by atoms with Crippen molar-refractivity contribution >= 4 is 11.8 Å². The molecule has 1 aliphatic carbocycles. The van der Waals surface area contributed by atoms with Crippen LogP contribution in [-0.2, 0) is 14.3 Å². The molecule has 0 saturated carbocycles. The maximum atomic E-state index is 13.7. The summed E-state index contributed by atoms with van der Waals surface area (Å²) in [4.78, 5) is 26.6. The summed E-state index contributed by atoms with van der Waals surface area (Å²) >= 11 is 0. The molecule has 2 aromatic carbocycles. The Balaban J connectivity index is 1.78. The van der Waals surface area contributed by atoms with E-state index in [1.807, 2.05) is 38.1 Å². The van der Waals surface area contributed by atoms with Crippen LogP contribution in [-0.4, -0.2) is 25.5 Å². The van der Waals surface area contributed by atoms with Gasteiger partial charge < -0.3 is 14.8 Å². The lowest BCUT2D eigenvalue weighted by Gasteiger charge is -2.37. The van der Waals surface area contributed by atoms with Crippen LogP contribution in [0.2, 0.25) is 0 Å². The van der Waals surface area contributed by atoms with Crippen LogP contribution >= 0.6 is 0 Å². The van der Waals surface area contributed by atoms with E-state index < -0.39 is 11.9 Å². The monoisotopic (exact) mass is 449 g/mol. The van der Waals surface area contributed by atoms with Crippen LogP contribution in [0.25, 0.3) is 0 Å². The Morgan fingerprint density at radius 1 is 1.12 bits per heavy atom. The average Bonchev–Trinajstić information content (AvgIpc) is 2.82. The largest absolute Gasteiger partial charge is 0.496 e. The first-order chi connectivity index (χ1) is 15.9. The van der Waals surface area contributed by atoms with Crippen LogP contribution in [0, 0.1) is 5.82 Å². The molecule has 1 N–H and O–H groups in total.